The monoisotopic (exact) mass is 356 g/mol. The molecule has 0 saturated carbocycles. The number of thiazole rings is 1. The van der Waals surface area contributed by atoms with Gasteiger partial charge in [0.05, 0.1) is 22.5 Å². The molecule has 2 heterocycles. The molecule has 0 spiro atoms. The molecule has 4 aromatic rings. The van der Waals surface area contributed by atoms with Crippen LogP contribution in [-0.2, 0) is 0 Å². The maximum Gasteiger partial charge on any atom is 0.204 e. The molecule has 4 nitrogen and oxygen atoms in total. The molecule has 0 radical (unpaired) electrons. The summed E-state index contributed by atoms with van der Waals surface area (Å²) >= 11 is 1.59. The van der Waals surface area contributed by atoms with Crippen molar-refractivity contribution in [1.82, 2.24) is 9.97 Å². The first kappa shape index (κ1) is 16.2. The van der Waals surface area contributed by atoms with Gasteiger partial charge in [-0.1, -0.05) is 78.1 Å². The van der Waals surface area contributed by atoms with Crippen molar-refractivity contribution >= 4 is 22.7 Å². The van der Waals surface area contributed by atoms with E-state index in [0.29, 0.717) is 0 Å². The molecule has 0 saturated heterocycles. The minimum atomic E-state index is 0.745. The Labute approximate surface area is 155 Å². The molecule has 126 valence electrons. The number of benzene rings is 2. The number of anilines is 1. The summed E-state index contributed by atoms with van der Waals surface area (Å²) in [5, 5.41) is 5.01. The van der Waals surface area contributed by atoms with Crippen LogP contribution in [0.3, 0.4) is 0 Å². The Bertz CT molecular complexity index is 939. The number of hydrazone groups is 1. The van der Waals surface area contributed by atoms with E-state index in [-0.39, 0.29) is 0 Å². The average Bonchev–Trinajstić information content (AvgIpc) is 3.14. The van der Waals surface area contributed by atoms with Crippen molar-refractivity contribution < 1.29 is 0 Å². The molecule has 26 heavy (non-hydrogen) atoms. The highest BCUT2D eigenvalue weighted by Crippen LogP contribution is 2.38. The van der Waals surface area contributed by atoms with E-state index in [1.54, 1.807) is 23.7 Å². The van der Waals surface area contributed by atoms with E-state index in [0.717, 1.165) is 32.5 Å². The van der Waals surface area contributed by atoms with Gasteiger partial charge in [-0.25, -0.2) is 4.98 Å². The van der Waals surface area contributed by atoms with Gasteiger partial charge in [0.25, 0.3) is 0 Å². The summed E-state index contributed by atoms with van der Waals surface area (Å²) in [5.41, 5.74) is 7.01. The fourth-order valence-electron chi connectivity index (χ4n) is 2.55. The van der Waals surface area contributed by atoms with Crippen molar-refractivity contribution in [3.05, 3.63) is 90.8 Å². The lowest BCUT2D eigenvalue weighted by atomic mass is 10.1. The first-order chi connectivity index (χ1) is 12.9. The van der Waals surface area contributed by atoms with E-state index in [1.807, 2.05) is 54.6 Å². The molecule has 0 unspecified atom stereocenters. The van der Waals surface area contributed by atoms with Crippen LogP contribution in [-0.4, -0.2) is 16.2 Å². The summed E-state index contributed by atoms with van der Waals surface area (Å²) in [6, 6.07) is 26.2. The quantitative estimate of drug-likeness (QED) is 0.389. The summed E-state index contributed by atoms with van der Waals surface area (Å²) < 4.78 is 0. The topological polar surface area (TPSA) is 50.2 Å². The summed E-state index contributed by atoms with van der Waals surface area (Å²) in [6.07, 6.45) is 3.43. The molecule has 4 rings (SSSR count). The Kier molecular flexibility index (Phi) is 4.80. The van der Waals surface area contributed by atoms with Crippen LogP contribution in [0.25, 0.3) is 21.7 Å². The van der Waals surface area contributed by atoms with Gasteiger partial charge in [-0.3, -0.25) is 10.4 Å². The van der Waals surface area contributed by atoms with Crippen LogP contribution >= 0.6 is 11.3 Å². The van der Waals surface area contributed by atoms with Crippen molar-refractivity contribution in [2.45, 2.75) is 0 Å². The van der Waals surface area contributed by atoms with Gasteiger partial charge in [0, 0.05) is 11.8 Å². The maximum absolute atomic E-state index is 4.76. The first-order valence-corrected chi connectivity index (χ1v) is 9.03. The number of pyridine rings is 1. The number of hydrogen-bond donors (Lipinski definition) is 1. The van der Waals surface area contributed by atoms with Crippen molar-refractivity contribution in [2.75, 3.05) is 5.43 Å². The van der Waals surface area contributed by atoms with Crippen LogP contribution < -0.4 is 5.43 Å². The number of aromatic nitrogens is 2. The summed E-state index contributed by atoms with van der Waals surface area (Å²) in [4.78, 5) is 10.1. The van der Waals surface area contributed by atoms with Gasteiger partial charge in [-0.2, -0.15) is 5.10 Å². The second kappa shape index (κ2) is 7.72. The smallest absolute Gasteiger partial charge is 0.204 e. The third-order valence-electron chi connectivity index (χ3n) is 3.76. The van der Waals surface area contributed by atoms with E-state index in [1.165, 1.54) is 0 Å². The lowest BCUT2D eigenvalue weighted by molar-refractivity contribution is 1.26. The molecule has 5 heteroatoms. The van der Waals surface area contributed by atoms with Gasteiger partial charge in [0.1, 0.15) is 0 Å². The van der Waals surface area contributed by atoms with Gasteiger partial charge in [-0.05, 0) is 17.7 Å². The highest BCUT2D eigenvalue weighted by atomic mass is 32.1. The minimum Gasteiger partial charge on any atom is -0.255 e. The molecular formula is C21H16N4S. The number of nitrogens with zero attached hydrogens (tertiary/aromatic N) is 3. The third kappa shape index (κ3) is 3.68. The predicted octanol–water partition coefficient (Wildman–Crippen LogP) is 5.32. The van der Waals surface area contributed by atoms with Crippen molar-refractivity contribution in [2.24, 2.45) is 5.10 Å². The molecular weight excluding hydrogens is 340 g/mol. The maximum atomic E-state index is 4.76. The van der Waals surface area contributed by atoms with Crippen LogP contribution in [0.15, 0.2) is 90.2 Å². The Morgan fingerprint density at radius 3 is 2.19 bits per heavy atom. The van der Waals surface area contributed by atoms with E-state index >= 15 is 0 Å². The van der Waals surface area contributed by atoms with E-state index in [9.17, 15) is 0 Å². The summed E-state index contributed by atoms with van der Waals surface area (Å²) in [6.45, 7) is 0. The van der Waals surface area contributed by atoms with Gasteiger partial charge in [0.15, 0.2) is 0 Å². The lowest BCUT2D eigenvalue weighted by Crippen LogP contribution is -1.91. The number of rotatable bonds is 5. The number of nitrogens with one attached hydrogen (secondary N) is 1. The standard InChI is InChI=1S/C21H16N4S/c1-3-9-16(10-4-1)19-20(17-11-5-2-6-12-17)26-21(24-19)25-23-15-18-13-7-8-14-22-18/h1-15H,(H,24,25)/b23-15-. The molecule has 2 aromatic heterocycles. The van der Waals surface area contributed by atoms with Crippen molar-refractivity contribution in [3.63, 3.8) is 0 Å². The van der Waals surface area contributed by atoms with E-state index in [2.05, 4.69) is 39.8 Å². The zero-order chi connectivity index (χ0) is 17.6. The Hall–Kier alpha value is -3.31. The Balaban J connectivity index is 1.66. The largest absolute Gasteiger partial charge is 0.255 e. The second-order valence-electron chi connectivity index (χ2n) is 5.55. The van der Waals surface area contributed by atoms with E-state index in [4.69, 9.17) is 4.98 Å². The molecule has 0 aliphatic carbocycles. The highest BCUT2D eigenvalue weighted by molar-refractivity contribution is 7.19. The van der Waals surface area contributed by atoms with Crippen LogP contribution in [0.5, 0.6) is 0 Å². The molecule has 1 N–H and O–H groups in total. The van der Waals surface area contributed by atoms with Crippen LogP contribution in [0.4, 0.5) is 5.13 Å². The predicted molar refractivity (Wildman–Crippen MR) is 108 cm³/mol. The summed E-state index contributed by atoms with van der Waals surface area (Å²) in [7, 11) is 0. The molecule has 2 aromatic carbocycles. The zero-order valence-electron chi connectivity index (χ0n) is 13.9. The molecule has 0 atom stereocenters. The normalized spacial score (nSPS) is 10.9. The molecule has 0 aliphatic heterocycles. The summed E-state index contributed by atoms with van der Waals surface area (Å²) in [5.74, 6) is 0. The fraction of sp³-hybridized carbons (Fsp3) is 0. The fourth-order valence-corrected chi connectivity index (χ4v) is 3.49. The zero-order valence-corrected chi connectivity index (χ0v) is 14.7. The second-order valence-corrected chi connectivity index (χ2v) is 6.55. The molecule has 0 aliphatic rings. The Morgan fingerprint density at radius 1 is 0.808 bits per heavy atom. The SMILES string of the molecule is C(=N/Nc1nc(-c2ccccc2)c(-c2ccccc2)s1)/c1ccccn1. The van der Waals surface area contributed by atoms with Gasteiger partial charge in [-0.15, -0.1) is 0 Å². The van der Waals surface area contributed by atoms with Gasteiger partial charge >= 0.3 is 0 Å². The third-order valence-corrected chi connectivity index (χ3v) is 4.76. The molecule has 0 fully saturated rings. The minimum absolute atomic E-state index is 0.745. The van der Waals surface area contributed by atoms with Crippen molar-refractivity contribution in [1.29, 1.82) is 0 Å². The van der Waals surface area contributed by atoms with Crippen LogP contribution in [0.2, 0.25) is 0 Å². The number of hydrogen-bond acceptors (Lipinski definition) is 5. The van der Waals surface area contributed by atoms with Gasteiger partial charge < -0.3 is 0 Å². The van der Waals surface area contributed by atoms with E-state index < -0.39 is 0 Å². The molecule has 0 amide bonds. The highest BCUT2D eigenvalue weighted by Gasteiger charge is 2.14. The van der Waals surface area contributed by atoms with Crippen LogP contribution in [0.1, 0.15) is 5.69 Å². The van der Waals surface area contributed by atoms with Gasteiger partial charge in [0.2, 0.25) is 5.13 Å². The average molecular weight is 356 g/mol. The molecule has 0 bridgehead atoms. The van der Waals surface area contributed by atoms with Crippen LogP contribution in [0, 0.1) is 0 Å². The lowest BCUT2D eigenvalue weighted by Gasteiger charge is -2.02. The first-order valence-electron chi connectivity index (χ1n) is 8.22. The van der Waals surface area contributed by atoms with Crippen molar-refractivity contribution in [3.8, 4) is 21.7 Å². The Morgan fingerprint density at radius 2 is 1.50 bits per heavy atom.